The highest BCUT2D eigenvalue weighted by Crippen LogP contribution is 2.11. The maximum atomic E-state index is 11.9. The number of carbonyl (C=O) groups excluding carboxylic acids is 2. The van der Waals surface area contributed by atoms with Gasteiger partial charge in [0.05, 0.1) is 4.92 Å². The Bertz CT molecular complexity index is 742. The number of hydrogen-bond acceptors (Lipinski definition) is 5. The first kappa shape index (κ1) is 17.1. The first-order chi connectivity index (χ1) is 11.5. The van der Waals surface area contributed by atoms with Crippen molar-refractivity contribution in [1.29, 1.82) is 0 Å². The van der Waals surface area contributed by atoms with Crippen molar-refractivity contribution in [3.8, 4) is 0 Å². The van der Waals surface area contributed by atoms with Gasteiger partial charge in [-0.05, 0) is 30.7 Å². The number of aryl methyl sites for hydroxylation is 1. The Balaban J connectivity index is 1.78. The van der Waals surface area contributed by atoms with Crippen molar-refractivity contribution in [2.24, 2.45) is 0 Å². The molecule has 2 aromatic rings. The minimum Gasteiger partial charge on any atom is -0.352 e. The van der Waals surface area contributed by atoms with Crippen LogP contribution in [0.5, 0.6) is 0 Å². The van der Waals surface area contributed by atoms with Crippen LogP contribution in [0, 0.1) is 17.0 Å². The van der Waals surface area contributed by atoms with E-state index in [1.807, 2.05) is 13.0 Å². The molecule has 0 saturated carbocycles. The van der Waals surface area contributed by atoms with Crippen LogP contribution in [0.3, 0.4) is 0 Å². The van der Waals surface area contributed by atoms with E-state index in [-0.39, 0.29) is 24.6 Å². The highest BCUT2D eigenvalue weighted by Gasteiger charge is 2.10. The maximum Gasteiger partial charge on any atom is 0.269 e. The average Bonchev–Trinajstić information content (AvgIpc) is 2.57. The molecule has 124 valence electrons. The van der Waals surface area contributed by atoms with Crippen molar-refractivity contribution in [3.63, 3.8) is 0 Å². The molecule has 1 aromatic carbocycles. The fourth-order valence-electron chi connectivity index (χ4n) is 1.87. The lowest BCUT2D eigenvalue weighted by Gasteiger charge is -2.06. The molecule has 0 bridgehead atoms. The summed E-state index contributed by atoms with van der Waals surface area (Å²) in [6, 6.07) is 8.77. The maximum absolute atomic E-state index is 11.9. The van der Waals surface area contributed by atoms with Gasteiger partial charge in [0, 0.05) is 36.9 Å². The number of nitrogens with zero attached hydrogens (tertiary/aromatic N) is 2. The molecular weight excluding hydrogens is 312 g/mol. The number of non-ortho nitro benzene ring substituents is 1. The summed E-state index contributed by atoms with van der Waals surface area (Å²) in [5, 5.41) is 15.8. The van der Waals surface area contributed by atoms with Crippen molar-refractivity contribution >= 4 is 23.3 Å². The molecule has 2 N–H and O–H groups in total. The van der Waals surface area contributed by atoms with Crippen molar-refractivity contribution in [2.75, 3.05) is 11.9 Å². The van der Waals surface area contributed by atoms with E-state index in [4.69, 9.17) is 0 Å². The second kappa shape index (κ2) is 7.82. The summed E-state index contributed by atoms with van der Waals surface area (Å²) in [5.41, 5.74) is 1.20. The predicted molar refractivity (Wildman–Crippen MR) is 87.7 cm³/mol. The van der Waals surface area contributed by atoms with Gasteiger partial charge in [0.1, 0.15) is 5.82 Å². The topological polar surface area (TPSA) is 114 Å². The van der Waals surface area contributed by atoms with E-state index in [0.29, 0.717) is 11.4 Å². The van der Waals surface area contributed by atoms with E-state index < -0.39 is 10.8 Å². The van der Waals surface area contributed by atoms with Crippen LogP contribution in [0.1, 0.15) is 22.3 Å². The minimum absolute atomic E-state index is 0.0866. The summed E-state index contributed by atoms with van der Waals surface area (Å²) in [6.07, 6.45) is 1.74. The third kappa shape index (κ3) is 4.87. The fraction of sp³-hybridized carbons (Fsp3) is 0.188. The molecule has 8 heteroatoms. The van der Waals surface area contributed by atoms with Gasteiger partial charge in [0.25, 0.3) is 11.6 Å². The number of nitrogens with one attached hydrogen (secondary N) is 2. The van der Waals surface area contributed by atoms with Gasteiger partial charge in [-0.3, -0.25) is 19.7 Å². The average molecular weight is 328 g/mol. The minimum atomic E-state index is -0.537. The first-order valence-corrected chi connectivity index (χ1v) is 7.21. The lowest BCUT2D eigenvalue weighted by Crippen LogP contribution is -2.27. The standard InChI is InChI=1S/C16H16N4O4/c1-11-2-7-14(18-10-11)19-15(21)8-9-17-16(22)12-3-5-13(6-4-12)20(23)24/h2-7,10H,8-9H2,1H3,(H,17,22)(H,18,19,21). The van der Waals surface area contributed by atoms with Crippen LogP contribution in [-0.4, -0.2) is 28.3 Å². The number of benzene rings is 1. The van der Waals surface area contributed by atoms with Gasteiger partial charge in [-0.2, -0.15) is 0 Å². The molecule has 24 heavy (non-hydrogen) atoms. The molecule has 0 unspecified atom stereocenters. The molecular formula is C16H16N4O4. The summed E-state index contributed by atoms with van der Waals surface area (Å²) < 4.78 is 0. The zero-order chi connectivity index (χ0) is 17.5. The third-order valence-corrected chi connectivity index (χ3v) is 3.16. The van der Waals surface area contributed by atoms with Gasteiger partial charge in [0.15, 0.2) is 0 Å². The van der Waals surface area contributed by atoms with E-state index in [2.05, 4.69) is 15.6 Å². The van der Waals surface area contributed by atoms with Crippen LogP contribution in [0.15, 0.2) is 42.6 Å². The van der Waals surface area contributed by atoms with Crippen LogP contribution in [-0.2, 0) is 4.79 Å². The molecule has 0 aliphatic heterocycles. The molecule has 0 radical (unpaired) electrons. The smallest absolute Gasteiger partial charge is 0.269 e. The molecule has 0 aliphatic rings. The highest BCUT2D eigenvalue weighted by atomic mass is 16.6. The summed E-state index contributed by atoms with van der Waals surface area (Å²) >= 11 is 0. The van der Waals surface area contributed by atoms with Crippen molar-refractivity contribution in [2.45, 2.75) is 13.3 Å². The Morgan fingerprint density at radius 3 is 2.46 bits per heavy atom. The van der Waals surface area contributed by atoms with Gasteiger partial charge < -0.3 is 10.6 Å². The lowest BCUT2D eigenvalue weighted by molar-refractivity contribution is -0.384. The summed E-state index contributed by atoms with van der Waals surface area (Å²) in [4.78, 5) is 37.7. The molecule has 0 saturated heterocycles. The summed E-state index contributed by atoms with van der Waals surface area (Å²) in [6.45, 7) is 2.04. The van der Waals surface area contributed by atoms with Crippen molar-refractivity contribution < 1.29 is 14.5 Å². The van der Waals surface area contributed by atoms with Gasteiger partial charge in [-0.1, -0.05) is 6.07 Å². The Hall–Kier alpha value is -3.29. The monoisotopic (exact) mass is 328 g/mol. The highest BCUT2D eigenvalue weighted by molar-refractivity contribution is 5.95. The van der Waals surface area contributed by atoms with E-state index in [1.54, 1.807) is 12.3 Å². The Morgan fingerprint density at radius 2 is 1.88 bits per heavy atom. The molecule has 2 rings (SSSR count). The number of nitro groups is 1. The zero-order valence-electron chi connectivity index (χ0n) is 13.0. The van der Waals surface area contributed by atoms with E-state index in [1.165, 1.54) is 24.3 Å². The van der Waals surface area contributed by atoms with Crippen LogP contribution in [0.2, 0.25) is 0 Å². The number of nitro benzene ring substituents is 1. The number of rotatable bonds is 6. The SMILES string of the molecule is Cc1ccc(NC(=O)CCNC(=O)c2ccc([N+](=O)[O-])cc2)nc1. The number of carbonyl (C=O) groups is 2. The number of pyridine rings is 1. The second-order valence-corrected chi connectivity index (χ2v) is 5.08. The molecule has 1 heterocycles. The van der Waals surface area contributed by atoms with E-state index >= 15 is 0 Å². The van der Waals surface area contributed by atoms with Crippen molar-refractivity contribution in [1.82, 2.24) is 10.3 Å². The van der Waals surface area contributed by atoms with Crippen LogP contribution in [0.4, 0.5) is 11.5 Å². The quantitative estimate of drug-likeness (QED) is 0.622. The van der Waals surface area contributed by atoms with Crippen molar-refractivity contribution in [3.05, 3.63) is 63.8 Å². The largest absolute Gasteiger partial charge is 0.352 e. The van der Waals surface area contributed by atoms with E-state index in [0.717, 1.165) is 5.56 Å². The van der Waals surface area contributed by atoms with Crippen LogP contribution < -0.4 is 10.6 Å². The predicted octanol–water partition coefficient (Wildman–Crippen LogP) is 2.06. The lowest BCUT2D eigenvalue weighted by atomic mass is 10.2. The molecule has 8 nitrogen and oxygen atoms in total. The van der Waals surface area contributed by atoms with Gasteiger partial charge in [-0.25, -0.2) is 4.98 Å². The van der Waals surface area contributed by atoms with Gasteiger partial charge in [0.2, 0.25) is 5.91 Å². The first-order valence-electron chi connectivity index (χ1n) is 7.21. The Morgan fingerprint density at radius 1 is 1.17 bits per heavy atom. The Labute approximate surface area is 138 Å². The molecule has 0 atom stereocenters. The Kier molecular flexibility index (Phi) is 5.56. The summed E-state index contributed by atoms with van der Waals surface area (Å²) in [7, 11) is 0. The molecule has 2 amide bonds. The molecule has 0 aliphatic carbocycles. The molecule has 1 aromatic heterocycles. The van der Waals surface area contributed by atoms with E-state index in [9.17, 15) is 19.7 Å². The normalized spacial score (nSPS) is 10.0. The summed E-state index contributed by atoms with van der Waals surface area (Å²) in [5.74, 6) is -0.214. The number of anilines is 1. The number of aromatic nitrogens is 1. The number of hydrogen-bond donors (Lipinski definition) is 2. The fourth-order valence-corrected chi connectivity index (χ4v) is 1.87. The second-order valence-electron chi connectivity index (χ2n) is 5.08. The third-order valence-electron chi connectivity index (χ3n) is 3.16. The molecule has 0 spiro atoms. The molecule has 0 fully saturated rings. The number of amides is 2. The van der Waals surface area contributed by atoms with Crippen LogP contribution in [0.25, 0.3) is 0 Å². The zero-order valence-corrected chi connectivity index (χ0v) is 13.0. The van der Waals surface area contributed by atoms with Gasteiger partial charge in [-0.15, -0.1) is 0 Å². The van der Waals surface area contributed by atoms with Gasteiger partial charge >= 0.3 is 0 Å². The van der Waals surface area contributed by atoms with Crippen LogP contribution >= 0.6 is 0 Å².